The van der Waals surface area contributed by atoms with Crippen LogP contribution in [0, 0.1) is 32.6 Å². The van der Waals surface area contributed by atoms with Crippen molar-refractivity contribution in [2.75, 3.05) is 6.54 Å². The molecule has 0 heterocycles. The Hall–Kier alpha value is -0.620. The first-order valence-corrected chi connectivity index (χ1v) is 2.56. The van der Waals surface area contributed by atoms with E-state index < -0.39 is 0 Å². The number of unbranched alkanes of at least 4 members (excludes halogenated alkanes) is 3. The Morgan fingerprint density at radius 1 is 1.56 bits per heavy atom. The van der Waals surface area contributed by atoms with Crippen LogP contribution >= 0.6 is 0 Å². The van der Waals surface area contributed by atoms with Crippen LogP contribution in [-0.2, 0) is 4.79 Å². The Balaban J connectivity index is 2.82. The zero-order chi connectivity index (χ0) is 6.95. The second kappa shape index (κ2) is 7.38. The molecule has 0 bridgehead atoms. The highest BCUT2D eigenvalue weighted by molar-refractivity contribution is 5.33. The van der Waals surface area contributed by atoms with Crippen LogP contribution in [0.25, 0.3) is 0 Å². The fourth-order valence-corrected chi connectivity index (χ4v) is 0.308. The first kappa shape index (κ1) is 8.38. The standard InChI is InChI=1S/C7H8NO/c1-2-3-4-5-6-8-7-9/h2-5H,1,6H2. The van der Waals surface area contributed by atoms with Crippen LogP contribution in [0.4, 0.5) is 0 Å². The van der Waals surface area contributed by atoms with Gasteiger partial charge in [0.1, 0.15) is 0 Å². The summed E-state index contributed by atoms with van der Waals surface area (Å²) in [7, 11) is 0. The molecule has 0 aromatic heterocycles. The molecule has 0 amide bonds. The van der Waals surface area contributed by atoms with Gasteiger partial charge < -0.3 is 0 Å². The predicted octanol–water partition coefficient (Wildman–Crippen LogP) is 0.973. The number of carbonyl (C=O) groups excluding carboxylic acids is 1. The lowest BCUT2D eigenvalue weighted by molar-refractivity contribution is 0.563. The van der Waals surface area contributed by atoms with E-state index in [0.717, 1.165) is 0 Å². The Kier molecular flexibility index (Phi) is 6.87. The predicted molar refractivity (Wildman–Crippen MR) is 35.5 cm³/mol. The molecule has 0 saturated heterocycles. The molecule has 0 saturated carbocycles. The van der Waals surface area contributed by atoms with E-state index >= 15 is 0 Å². The molecule has 0 aromatic rings. The average Bonchev–Trinajstić information content (AvgIpc) is 1.89. The molecule has 47 valence electrons. The Labute approximate surface area is 56.0 Å². The summed E-state index contributed by atoms with van der Waals surface area (Å²) in [5.74, 6) is 0. The largest absolute Gasteiger partial charge is 0.234 e. The minimum Gasteiger partial charge on any atom is -0.211 e. The van der Waals surface area contributed by atoms with Gasteiger partial charge in [0, 0.05) is 0 Å². The third-order valence-corrected chi connectivity index (χ3v) is 0.645. The van der Waals surface area contributed by atoms with Crippen LogP contribution in [0.1, 0.15) is 0 Å². The van der Waals surface area contributed by atoms with Gasteiger partial charge in [0.2, 0.25) is 6.08 Å². The van der Waals surface area contributed by atoms with Crippen molar-refractivity contribution in [3.63, 3.8) is 0 Å². The lowest BCUT2D eigenvalue weighted by Crippen LogP contribution is -1.83. The van der Waals surface area contributed by atoms with Gasteiger partial charge in [-0.15, -0.1) is 0 Å². The minimum absolute atomic E-state index is 0.397. The van der Waals surface area contributed by atoms with Crippen LogP contribution in [0.15, 0.2) is 4.99 Å². The summed E-state index contributed by atoms with van der Waals surface area (Å²) in [5, 5.41) is 0. The number of rotatable bonds is 5. The molecule has 5 radical (unpaired) electrons. The summed E-state index contributed by atoms with van der Waals surface area (Å²) >= 11 is 0. The molecule has 0 unspecified atom stereocenters. The second-order valence-corrected chi connectivity index (χ2v) is 1.29. The highest BCUT2D eigenvalue weighted by atomic mass is 16.1. The summed E-state index contributed by atoms with van der Waals surface area (Å²) in [4.78, 5) is 12.8. The van der Waals surface area contributed by atoms with Gasteiger partial charge in [-0.3, -0.25) is 0 Å². The first-order chi connectivity index (χ1) is 4.41. The van der Waals surface area contributed by atoms with Gasteiger partial charge in [0.25, 0.3) is 0 Å². The molecule has 0 aromatic carbocycles. The van der Waals surface area contributed by atoms with Gasteiger partial charge in [-0.05, 0) is 32.6 Å². The van der Waals surface area contributed by atoms with E-state index in [4.69, 9.17) is 0 Å². The second-order valence-electron chi connectivity index (χ2n) is 1.29. The Morgan fingerprint density at radius 3 is 2.89 bits per heavy atom. The molecular weight excluding hydrogens is 114 g/mol. The molecule has 2 heteroatoms. The number of nitrogens with zero attached hydrogens (tertiary/aromatic N) is 1. The molecule has 0 N–H and O–H groups in total. The highest BCUT2D eigenvalue weighted by Crippen LogP contribution is 1.92. The molecule has 9 heavy (non-hydrogen) atoms. The van der Waals surface area contributed by atoms with Crippen molar-refractivity contribution in [2.45, 2.75) is 0 Å². The highest BCUT2D eigenvalue weighted by Gasteiger charge is 1.85. The Bertz CT molecular complexity index is 95.1. The Morgan fingerprint density at radius 2 is 2.33 bits per heavy atom. The fraction of sp³-hybridized carbons (Fsp3) is 0.143. The van der Waals surface area contributed by atoms with E-state index in [1.807, 2.05) is 0 Å². The third-order valence-electron chi connectivity index (χ3n) is 0.645. The van der Waals surface area contributed by atoms with Crippen molar-refractivity contribution in [3.8, 4) is 0 Å². The number of hydrogen-bond acceptors (Lipinski definition) is 2. The smallest absolute Gasteiger partial charge is 0.211 e. The van der Waals surface area contributed by atoms with Crippen LogP contribution in [0.5, 0.6) is 0 Å². The van der Waals surface area contributed by atoms with E-state index in [1.54, 1.807) is 25.7 Å². The lowest BCUT2D eigenvalue weighted by Gasteiger charge is -1.89. The van der Waals surface area contributed by atoms with Crippen molar-refractivity contribution < 1.29 is 4.79 Å². The summed E-state index contributed by atoms with van der Waals surface area (Å²) in [6.45, 7) is 3.86. The third kappa shape index (κ3) is 7.38. The van der Waals surface area contributed by atoms with E-state index in [9.17, 15) is 4.79 Å². The van der Waals surface area contributed by atoms with Crippen molar-refractivity contribution in [1.82, 2.24) is 0 Å². The zero-order valence-electron chi connectivity index (χ0n) is 5.08. The maximum absolute atomic E-state index is 9.48. The van der Waals surface area contributed by atoms with Gasteiger partial charge >= 0.3 is 0 Å². The summed E-state index contributed by atoms with van der Waals surface area (Å²) < 4.78 is 0. The SMILES string of the molecule is [CH2][CH][CH][CH][CH]CN=C=O. The number of aliphatic imine (C=N–C) groups is 1. The van der Waals surface area contributed by atoms with Crippen molar-refractivity contribution in [2.24, 2.45) is 4.99 Å². The van der Waals surface area contributed by atoms with E-state index in [1.165, 1.54) is 6.08 Å². The van der Waals surface area contributed by atoms with Crippen LogP contribution < -0.4 is 0 Å². The zero-order valence-corrected chi connectivity index (χ0v) is 5.08. The monoisotopic (exact) mass is 122 g/mol. The van der Waals surface area contributed by atoms with E-state index in [-0.39, 0.29) is 0 Å². The topological polar surface area (TPSA) is 29.4 Å². The van der Waals surface area contributed by atoms with Crippen molar-refractivity contribution in [1.29, 1.82) is 0 Å². The molecule has 0 aliphatic rings. The summed E-state index contributed by atoms with van der Waals surface area (Å²) in [5.41, 5.74) is 0. The average molecular weight is 122 g/mol. The molecule has 2 nitrogen and oxygen atoms in total. The normalized spacial score (nSPS) is 8.56. The molecule has 0 fully saturated rings. The fourth-order valence-electron chi connectivity index (χ4n) is 0.308. The molecule has 0 aliphatic heterocycles. The van der Waals surface area contributed by atoms with Crippen LogP contribution in [0.2, 0.25) is 0 Å². The molecule has 0 atom stereocenters. The molecule has 0 spiro atoms. The van der Waals surface area contributed by atoms with Gasteiger partial charge in [-0.1, -0.05) is 0 Å². The summed E-state index contributed by atoms with van der Waals surface area (Å²) in [6, 6.07) is 0. The van der Waals surface area contributed by atoms with Gasteiger partial charge in [0.15, 0.2) is 0 Å². The molecule has 0 rings (SSSR count). The van der Waals surface area contributed by atoms with Crippen molar-refractivity contribution >= 4 is 6.08 Å². The lowest BCUT2D eigenvalue weighted by atomic mass is 10.2. The maximum atomic E-state index is 9.48. The number of hydrogen-bond donors (Lipinski definition) is 0. The maximum Gasteiger partial charge on any atom is 0.234 e. The minimum atomic E-state index is 0.397. The summed E-state index contributed by atoms with van der Waals surface area (Å²) in [6.07, 6.45) is 8.36. The number of isocyanates is 1. The van der Waals surface area contributed by atoms with E-state index in [2.05, 4.69) is 11.9 Å². The van der Waals surface area contributed by atoms with Crippen molar-refractivity contribution in [3.05, 3.63) is 32.6 Å². The van der Waals surface area contributed by atoms with Gasteiger partial charge in [0.05, 0.1) is 6.54 Å². The van der Waals surface area contributed by atoms with Crippen LogP contribution in [-0.4, -0.2) is 12.6 Å². The quantitative estimate of drug-likeness (QED) is 0.303. The van der Waals surface area contributed by atoms with Gasteiger partial charge in [-0.2, -0.15) is 0 Å². The van der Waals surface area contributed by atoms with Gasteiger partial charge in [-0.25, -0.2) is 9.79 Å². The van der Waals surface area contributed by atoms with Crippen LogP contribution in [0.3, 0.4) is 0 Å². The first-order valence-electron chi connectivity index (χ1n) is 2.56. The molecular formula is C7H8NO. The van der Waals surface area contributed by atoms with E-state index in [0.29, 0.717) is 6.54 Å². The molecule has 0 aliphatic carbocycles.